The second-order valence-electron chi connectivity index (χ2n) is 14.7. The number of carbonyl (C=O) groups excluding carboxylic acids is 3. The molecule has 0 radical (unpaired) electrons. The third-order valence-electron chi connectivity index (χ3n) is 11.0. The van der Waals surface area contributed by atoms with Crippen molar-refractivity contribution in [2.75, 3.05) is 19.6 Å². The number of aliphatic hydroxyl groups excluding tert-OH is 1. The van der Waals surface area contributed by atoms with Gasteiger partial charge in [-0.1, -0.05) is 91.0 Å². The number of carbonyl (C=O) groups is 3. The molecule has 3 aliphatic heterocycles. The second kappa shape index (κ2) is 16.6. The van der Waals surface area contributed by atoms with Gasteiger partial charge in [-0.3, -0.25) is 19.1 Å². The van der Waals surface area contributed by atoms with E-state index < -0.39 is 24.3 Å². The number of para-hydroxylation sites is 2. The molecule has 1 aromatic heterocycles. The van der Waals surface area contributed by atoms with Crippen molar-refractivity contribution >= 4 is 28.9 Å². The minimum atomic E-state index is -0.989. The van der Waals surface area contributed by atoms with Crippen molar-refractivity contribution in [1.82, 2.24) is 24.7 Å². The third kappa shape index (κ3) is 8.31. The highest BCUT2D eigenvalue weighted by Gasteiger charge is 2.40. The zero-order valence-electron chi connectivity index (χ0n) is 30.9. The molecule has 3 fully saturated rings. The van der Waals surface area contributed by atoms with E-state index in [1.165, 1.54) is 0 Å². The van der Waals surface area contributed by atoms with Crippen LogP contribution in [0.25, 0.3) is 11.0 Å². The number of aromatic amines is 1. The van der Waals surface area contributed by atoms with Gasteiger partial charge in [0.1, 0.15) is 12.6 Å². The van der Waals surface area contributed by atoms with Gasteiger partial charge >= 0.3 is 11.8 Å². The second-order valence-corrected chi connectivity index (χ2v) is 14.7. The van der Waals surface area contributed by atoms with Gasteiger partial charge in [0.05, 0.1) is 42.8 Å². The fourth-order valence-electron chi connectivity index (χ4n) is 7.95. The van der Waals surface area contributed by atoms with Crippen LogP contribution in [0.2, 0.25) is 0 Å². The summed E-state index contributed by atoms with van der Waals surface area (Å²) < 4.78 is 20.3. The molecule has 4 heterocycles. The van der Waals surface area contributed by atoms with Crippen LogP contribution in [0.3, 0.4) is 0 Å². The number of ether oxygens (including phenoxy) is 3. The molecule has 0 aliphatic carbocycles. The van der Waals surface area contributed by atoms with Crippen molar-refractivity contribution < 1.29 is 33.7 Å². The van der Waals surface area contributed by atoms with Gasteiger partial charge in [0, 0.05) is 37.7 Å². The number of rotatable bonds is 11. The van der Waals surface area contributed by atoms with Crippen molar-refractivity contribution in [2.24, 2.45) is 0 Å². The van der Waals surface area contributed by atoms with Crippen LogP contribution < -0.4 is 11.0 Å². The van der Waals surface area contributed by atoms with Crippen LogP contribution in [0.1, 0.15) is 71.9 Å². The zero-order valence-corrected chi connectivity index (χ0v) is 30.9. The molecule has 4 aromatic carbocycles. The SMILES string of the molecule is O=C(NC1CC(=O)N(Cc2ccc([C@H]3O[C@@H](CN4CCC(n5c(=O)[nH]c6ccccc65)CC4)C[C@@H](c4ccc(CO)cc4)O3)cc2)C1=O)OCc1ccccc1. The molecule has 13 heteroatoms. The molecule has 5 aromatic rings. The molecule has 0 saturated carbocycles. The molecular weight excluding hydrogens is 715 g/mol. The Morgan fingerprint density at radius 3 is 2.27 bits per heavy atom. The van der Waals surface area contributed by atoms with E-state index in [4.69, 9.17) is 14.2 Å². The maximum absolute atomic E-state index is 13.2. The topological polar surface area (TPSA) is 155 Å². The Balaban J connectivity index is 0.904. The molecule has 0 bridgehead atoms. The lowest BCUT2D eigenvalue weighted by Crippen LogP contribution is -2.43. The normalized spacial score (nSPS) is 22.1. The van der Waals surface area contributed by atoms with Gasteiger partial charge in [0.2, 0.25) is 5.91 Å². The molecule has 3 aliphatic rings. The number of nitrogens with one attached hydrogen (secondary N) is 2. The van der Waals surface area contributed by atoms with Crippen LogP contribution in [0, 0.1) is 0 Å². The lowest BCUT2D eigenvalue weighted by molar-refractivity contribution is -0.253. The van der Waals surface area contributed by atoms with E-state index in [0.717, 1.165) is 69.7 Å². The van der Waals surface area contributed by atoms with Crippen molar-refractivity contribution in [3.8, 4) is 0 Å². The lowest BCUT2D eigenvalue weighted by atomic mass is 9.98. The average molecular weight is 760 g/mol. The van der Waals surface area contributed by atoms with Crippen molar-refractivity contribution in [1.29, 1.82) is 0 Å². The van der Waals surface area contributed by atoms with Crippen LogP contribution in [-0.4, -0.2) is 74.1 Å². The first-order valence-corrected chi connectivity index (χ1v) is 19.1. The summed E-state index contributed by atoms with van der Waals surface area (Å²) in [4.78, 5) is 57.8. The molecule has 13 nitrogen and oxygen atoms in total. The number of hydrogen-bond donors (Lipinski definition) is 3. The van der Waals surface area contributed by atoms with E-state index in [0.29, 0.717) is 13.0 Å². The van der Waals surface area contributed by atoms with E-state index in [1.807, 2.05) is 108 Å². The number of aliphatic hydroxyl groups is 1. The Bertz CT molecular complexity index is 2210. The third-order valence-corrected chi connectivity index (χ3v) is 11.0. The maximum atomic E-state index is 13.2. The Morgan fingerprint density at radius 1 is 0.821 bits per heavy atom. The zero-order chi connectivity index (χ0) is 38.6. The van der Waals surface area contributed by atoms with Gasteiger partial charge < -0.3 is 34.5 Å². The highest BCUT2D eigenvalue weighted by molar-refractivity contribution is 6.06. The van der Waals surface area contributed by atoms with Crippen molar-refractivity contribution in [3.05, 3.63) is 141 Å². The number of alkyl carbamates (subject to hydrolysis) is 1. The van der Waals surface area contributed by atoms with E-state index in [9.17, 15) is 24.3 Å². The Hall–Kier alpha value is -5.60. The summed E-state index contributed by atoms with van der Waals surface area (Å²) in [5.41, 5.74) is 5.88. The summed E-state index contributed by atoms with van der Waals surface area (Å²) in [7, 11) is 0. The largest absolute Gasteiger partial charge is 0.445 e. The number of amides is 3. The summed E-state index contributed by atoms with van der Waals surface area (Å²) >= 11 is 0. The molecule has 3 N–H and O–H groups in total. The number of imidazole rings is 1. The first-order chi connectivity index (χ1) is 27.3. The van der Waals surface area contributed by atoms with Gasteiger partial charge in [-0.25, -0.2) is 9.59 Å². The fourth-order valence-corrected chi connectivity index (χ4v) is 7.95. The first-order valence-electron chi connectivity index (χ1n) is 19.1. The van der Waals surface area contributed by atoms with E-state index >= 15 is 0 Å². The van der Waals surface area contributed by atoms with Crippen LogP contribution >= 0.6 is 0 Å². The summed E-state index contributed by atoms with van der Waals surface area (Å²) in [6.07, 6.45) is 0.373. The van der Waals surface area contributed by atoms with Gasteiger partial charge in [-0.2, -0.15) is 0 Å². The quantitative estimate of drug-likeness (QED) is 0.153. The molecular formula is C43H45N5O8. The Labute approximate surface area is 323 Å². The van der Waals surface area contributed by atoms with Crippen molar-refractivity contribution in [2.45, 2.75) is 76.0 Å². The van der Waals surface area contributed by atoms with Gasteiger partial charge in [0.25, 0.3) is 5.91 Å². The molecule has 1 unspecified atom stereocenters. The van der Waals surface area contributed by atoms with Gasteiger partial charge in [-0.05, 0) is 47.2 Å². The number of imide groups is 1. The monoisotopic (exact) mass is 759 g/mol. The summed E-state index contributed by atoms with van der Waals surface area (Å²) in [5.74, 6) is -0.855. The van der Waals surface area contributed by atoms with Crippen molar-refractivity contribution in [3.63, 3.8) is 0 Å². The maximum Gasteiger partial charge on any atom is 0.408 e. The molecule has 3 saturated heterocycles. The number of benzene rings is 4. The fraction of sp³-hybridized carbons (Fsp3) is 0.349. The number of likely N-dealkylation sites (tertiary alicyclic amines) is 2. The number of H-pyrrole nitrogens is 1. The number of hydrogen-bond acceptors (Lipinski definition) is 9. The standard InChI is InChI=1S/C43H45N5O8/c49-26-29-12-14-31(15-13-29)38-22-34(25-46-20-18-33(19-21-46)48-37-9-5-4-8-35(37)44-42(48)52)55-41(56-38)32-16-10-28(11-17-32)24-47-39(50)23-36(40(47)51)45-43(53)54-27-30-6-2-1-3-7-30/h1-17,33-34,36,38,41,49H,18-27H2,(H,44,52)(H,45,53)/t34-,36?,38+,41+/m1/s1. The highest BCUT2D eigenvalue weighted by Crippen LogP contribution is 2.39. The molecule has 0 spiro atoms. The van der Waals surface area contributed by atoms with E-state index in [1.54, 1.807) is 0 Å². The van der Waals surface area contributed by atoms with Gasteiger partial charge in [0.15, 0.2) is 6.29 Å². The molecule has 56 heavy (non-hydrogen) atoms. The Morgan fingerprint density at radius 2 is 1.52 bits per heavy atom. The minimum absolute atomic E-state index is 0.0414. The molecule has 4 atom stereocenters. The summed E-state index contributed by atoms with van der Waals surface area (Å²) in [6, 6.07) is 31.4. The lowest BCUT2D eigenvalue weighted by Gasteiger charge is -2.40. The number of fused-ring (bicyclic) bond motifs is 1. The van der Waals surface area contributed by atoms with Crippen LogP contribution in [-0.2, 0) is 43.6 Å². The number of piperidine rings is 1. The average Bonchev–Trinajstić information content (AvgIpc) is 3.70. The van der Waals surface area contributed by atoms with Crippen LogP contribution in [0.15, 0.2) is 108 Å². The molecule has 290 valence electrons. The number of aromatic nitrogens is 2. The Kier molecular flexibility index (Phi) is 11.1. The smallest absolute Gasteiger partial charge is 0.408 e. The predicted octanol–water partition coefficient (Wildman–Crippen LogP) is 5.26. The minimum Gasteiger partial charge on any atom is -0.445 e. The highest BCUT2D eigenvalue weighted by atomic mass is 16.7. The van der Waals surface area contributed by atoms with E-state index in [-0.39, 0.29) is 56.0 Å². The number of nitrogens with zero attached hydrogens (tertiary/aromatic N) is 3. The van der Waals surface area contributed by atoms with Crippen LogP contribution in [0.5, 0.6) is 0 Å². The molecule has 8 rings (SSSR count). The van der Waals surface area contributed by atoms with Crippen LogP contribution in [0.4, 0.5) is 4.79 Å². The van der Waals surface area contributed by atoms with E-state index in [2.05, 4.69) is 15.2 Å². The first kappa shape index (κ1) is 37.3. The summed E-state index contributed by atoms with van der Waals surface area (Å²) in [6.45, 7) is 2.42. The predicted molar refractivity (Wildman–Crippen MR) is 206 cm³/mol. The summed E-state index contributed by atoms with van der Waals surface area (Å²) in [5, 5.41) is 12.1. The molecule has 3 amide bonds. The van der Waals surface area contributed by atoms with Gasteiger partial charge in [-0.15, -0.1) is 0 Å².